The minimum absolute atomic E-state index is 0.155. The third-order valence-electron chi connectivity index (χ3n) is 3.58. The fraction of sp³-hybridized carbons (Fsp3) is 0.412. The lowest BCUT2D eigenvalue weighted by molar-refractivity contribution is -0.141. The Labute approximate surface area is 141 Å². The lowest BCUT2D eigenvalue weighted by atomic mass is 9.95. The Morgan fingerprint density at radius 1 is 1.29 bits per heavy atom. The van der Waals surface area contributed by atoms with Gasteiger partial charge in [0.2, 0.25) is 0 Å². The number of ether oxygens (including phenoxy) is 3. The molecule has 0 aromatic heterocycles. The van der Waals surface area contributed by atoms with Crippen LogP contribution in [0.2, 0.25) is 0 Å². The first-order valence-electron chi connectivity index (χ1n) is 7.74. The van der Waals surface area contributed by atoms with Crippen LogP contribution in [0.4, 0.5) is 4.79 Å². The fourth-order valence-corrected chi connectivity index (χ4v) is 2.45. The number of amides is 2. The topological polar surface area (TPSA) is 85.9 Å². The number of methoxy groups -OCH3 is 1. The zero-order valence-corrected chi connectivity index (χ0v) is 14.0. The smallest absolute Gasteiger partial charge is 0.338 e. The number of esters is 1. The Balaban J connectivity index is 2.24. The second-order valence-corrected chi connectivity index (χ2v) is 5.18. The first-order valence-corrected chi connectivity index (χ1v) is 7.74. The Hall–Kier alpha value is -2.54. The third kappa shape index (κ3) is 4.26. The molecule has 1 aromatic rings. The first-order chi connectivity index (χ1) is 11.6. The van der Waals surface area contributed by atoms with Crippen LogP contribution in [-0.2, 0) is 14.3 Å². The lowest BCUT2D eigenvalue weighted by Gasteiger charge is -2.28. The van der Waals surface area contributed by atoms with Gasteiger partial charge >= 0.3 is 12.0 Å². The van der Waals surface area contributed by atoms with Crippen LogP contribution in [0.5, 0.6) is 5.75 Å². The van der Waals surface area contributed by atoms with E-state index >= 15 is 0 Å². The molecule has 0 spiro atoms. The molecule has 1 atom stereocenters. The van der Waals surface area contributed by atoms with Gasteiger partial charge in [0, 0.05) is 12.3 Å². The van der Waals surface area contributed by atoms with Crippen LogP contribution in [0.3, 0.4) is 0 Å². The molecule has 130 valence electrons. The summed E-state index contributed by atoms with van der Waals surface area (Å²) in [7, 11) is 1.56. The molecule has 0 bridgehead atoms. The predicted molar refractivity (Wildman–Crippen MR) is 87.6 cm³/mol. The molecule has 1 aliphatic rings. The van der Waals surface area contributed by atoms with Crippen molar-refractivity contribution in [1.82, 2.24) is 10.6 Å². The molecular weight excluding hydrogens is 312 g/mol. The molecule has 0 saturated heterocycles. The van der Waals surface area contributed by atoms with Crippen molar-refractivity contribution in [3.63, 3.8) is 0 Å². The molecule has 0 unspecified atom stereocenters. The average molecular weight is 334 g/mol. The fourth-order valence-electron chi connectivity index (χ4n) is 2.45. The number of hydrogen-bond acceptors (Lipinski definition) is 5. The van der Waals surface area contributed by atoms with Crippen molar-refractivity contribution in [2.45, 2.75) is 19.9 Å². The molecule has 2 N–H and O–H groups in total. The highest BCUT2D eigenvalue weighted by Crippen LogP contribution is 2.29. The van der Waals surface area contributed by atoms with Gasteiger partial charge in [-0.3, -0.25) is 0 Å². The number of carbonyl (C=O) groups excluding carboxylic acids is 2. The van der Waals surface area contributed by atoms with Gasteiger partial charge in [0.05, 0.1) is 25.3 Å². The number of carbonyl (C=O) groups is 2. The second-order valence-electron chi connectivity index (χ2n) is 5.18. The monoisotopic (exact) mass is 334 g/mol. The number of rotatable bonds is 7. The van der Waals surface area contributed by atoms with Gasteiger partial charge in [-0.05, 0) is 31.5 Å². The van der Waals surface area contributed by atoms with E-state index in [-0.39, 0.29) is 12.6 Å². The number of allylic oxidation sites excluding steroid dienone is 1. The maximum absolute atomic E-state index is 12.5. The van der Waals surface area contributed by atoms with E-state index in [1.165, 1.54) is 0 Å². The zero-order chi connectivity index (χ0) is 17.5. The van der Waals surface area contributed by atoms with E-state index in [2.05, 4.69) is 10.6 Å². The number of hydrogen-bond donors (Lipinski definition) is 2. The van der Waals surface area contributed by atoms with Crippen molar-refractivity contribution in [2.75, 3.05) is 26.9 Å². The third-order valence-corrected chi connectivity index (χ3v) is 3.58. The van der Waals surface area contributed by atoms with E-state index in [0.717, 1.165) is 5.56 Å². The van der Waals surface area contributed by atoms with Gasteiger partial charge in [-0.15, -0.1) is 0 Å². The molecule has 2 amide bonds. The van der Waals surface area contributed by atoms with E-state index in [1.807, 2.05) is 13.0 Å². The van der Waals surface area contributed by atoms with E-state index in [9.17, 15) is 9.59 Å². The van der Waals surface area contributed by atoms with E-state index in [0.29, 0.717) is 30.2 Å². The summed E-state index contributed by atoms with van der Waals surface area (Å²) < 4.78 is 15.6. The maximum Gasteiger partial charge on any atom is 0.338 e. The van der Waals surface area contributed by atoms with Crippen LogP contribution in [0.1, 0.15) is 25.5 Å². The number of nitrogens with one attached hydrogen (secondary N) is 2. The zero-order valence-electron chi connectivity index (χ0n) is 14.0. The highest BCUT2D eigenvalue weighted by atomic mass is 16.6. The molecule has 7 heteroatoms. The standard InChI is InChI=1S/C17H22N2O5/c1-4-23-8-9-24-16(20)14-11(2)18-17(21)19-15(14)12-6-5-7-13(10-12)22-3/h5-7,10,15H,4,8-9H2,1-3H3,(H2,18,19,21)/t15-/m1/s1. The van der Waals surface area contributed by atoms with Gasteiger partial charge in [0.25, 0.3) is 0 Å². The highest BCUT2D eigenvalue weighted by molar-refractivity contribution is 5.95. The Bertz CT molecular complexity index is 642. The normalized spacial score (nSPS) is 17.1. The summed E-state index contributed by atoms with van der Waals surface area (Å²) in [6.07, 6.45) is 0. The summed E-state index contributed by atoms with van der Waals surface area (Å²) in [4.78, 5) is 24.3. The maximum atomic E-state index is 12.5. The lowest BCUT2D eigenvalue weighted by Crippen LogP contribution is -2.45. The van der Waals surface area contributed by atoms with Crippen molar-refractivity contribution in [3.05, 3.63) is 41.1 Å². The summed E-state index contributed by atoms with van der Waals surface area (Å²) >= 11 is 0. The average Bonchev–Trinajstić information content (AvgIpc) is 2.58. The second kappa shape index (κ2) is 8.35. The minimum Gasteiger partial charge on any atom is -0.497 e. The molecule has 7 nitrogen and oxygen atoms in total. The van der Waals surface area contributed by atoms with Gasteiger partial charge in [-0.2, -0.15) is 0 Å². The molecule has 0 radical (unpaired) electrons. The minimum atomic E-state index is -0.603. The molecule has 24 heavy (non-hydrogen) atoms. The summed E-state index contributed by atoms with van der Waals surface area (Å²) in [5.74, 6) is 0.148. The van der Waals surface area contributed by atoms with Crippen LogP contribution >= 0.6 is 0 Å². The van der Waals surface area contributed by atoms with Gasteiger partial charge < -0.3 is 24.8 Å². The first kappa shape index (κ1) is 17.8. The summed E-state index contributed by atoms with van der Waals surface area (Å²) in [6, 6.07) is 6.22. The summed E-state index contributed by atoms with van der Waals surface area (Å²) in [5, 5.41) is 5.36. The predicted octanol–water partition coefficient (Wildman–Crippen LogP) is 1.90. The van der Waals surface area contributed by atoms with E-state index in [4.69, 9.17) is 14.2 Å². The number of benzene rings is 1. The Morgan fingerprint density at radius 3 is 2.79 bits per heavy atom. The van der Waals surface area contributed by atoms with E-state index < -0.39 is 12.0 Å². The van der Waals surface area contributed by atoms with Crippen molar-refractivity contribution < 1.29 is 23.8 Å². The van der Waals surface area contributed by atoms with Crippen LogP contribution in [0, 0.1) is 0 Å². The largest absolute Gasteiger partial charge is 0.497 e. The van der Waals surface area contributed by atoms with Gasteiger partial charge in [0.1, 0.15) is 12.4 Å². The SMILES string of the molecule is CCOCCOC(=O)C1=C(C)NC(=O)N[C@@H]1c1cccc(OC)c1. The Kier molecular flexibility index (Phi) is 6.20. The molecule has 2 rings (SSSR count). The van der Waals surface area contributed by atoms with E-state index in [1.54, 1.807) is 32.2 Å². The molecule has 1 aromatic carbocycles. The van der Waals surface area contributed by atoms with Gasteiger partial charge in [-0.25, -0.2) is 9.59 Å². The number of urea groups is 1. The van der Waals surface area contributed by atoms with Crippen LogP contribution in [0.15, 0.2) is 35.5 Å². The quantitative estimate of drug-likeness (QED) is 0.587. The van der Waals surface area contributed by atoms with Crippen molar-refractivity contribution >= 4 is 12.0 Å². The van der Waals surface area contributed by atoms with Crippen LogP contribution in [-0.4, -0.2) is 38.9 Å². The van der Waals surface area contributed by atoms with Gasteiger partial charge in [0.15, 0.2) is 0 Å². The summed E-state index contributed by atoms with van der Waals surface area (Å²) in [6.45, 7) is 4.59. The molecular formula is C17H22N2O5. The van der Waals surface area contributed by atoms with Crippen molar-refractivity contribution in [1.29, 1.82) is 0 Å². The van der Waals surface area contributed by atoms with Crippen molar-refractivity contribution in [3.8, 4) is 5.75 Å². The molecule has 0 fully saturated rings. The highest BCUT2D eigenvalue weighted by Gasteiger charge is 2.32. The van der Waals surface area contributed by atoms with Gasteiger partial charge in [-0.1, -0.05) is 12.1 Å². The summed E-state index contributed by atoms with van der Waals surface area (Å²) in [5.41, 5.74) is 1.56. The van der Waals surface area contributed by atoms with Crippen LogP contribution in [0.25, 0.3) is 0 Å². The molecule has 1 aliphatic heterocycles. The van der Waals surface area contributed by atoms with Crippen LogP contribution < -0.4 is 15.4 Å². The van der Waals surface area contributed by atoms with Crippen molar-refractivity contribution in [2.24, 2.45) is 0 Å². The molecule has 0 aliphatic carbocycles. The molecule has 1 heterocycles. The molecule has 0 saturated carbocycles. The Morgan fingerprint density at radius 2 is 2.08 bits per heavy atom.